The van der Waals surface area contributed by atoms with Crippen LogP contribution < -0.4 is 5.32 Å². The van der Waals surface area contributed by atoms with Gasteiger partial charge in [-0.05, 0) is 32.4 Å². The molecule has 3 rings (SSSR count). The Balaban J connectivity index is 1.61. The zero-order chi connectivity index (χ0) is 20.1. The molecule has 8 heteroatoms. The van der Waals surface area contributed by atoms with E-state index in [2.05, 4.69) is 26.3 Å². The number of anilines is 1. The predicted molar refractivity (Wildman–Crippen MR) is 111 cm³/mol. The molecule has 0 fully saturated rings. The highest BCUT2D eigenvalue weighted by Crippen LogP contribution is 2.26. The van der Waals surface area contributed by atoms with Crippen LogP contribution in [0.15, 0.2) is 34.7 Å². The first-order valence-electron chi connectivity index (χ1n) is 8.63. The van der Waals surface area contributed by atoms with Gasteiger partial charge in [-0.2, -0.15) is 5.26 Å². The van der Waals surface area contributed by atoms with Gasteiger partial charge in [0.05, 0.1) is 17.8 Å². The summed E-state index contributed by atoms with van der Waals surface area (Å²) in [5, 5.41) is 15.6. The van der Waals surface area contributed by atoms with E-state index in [0.29, 0.717) is 27.9 Å². The van der Waals surface area contributed by atoms with Gasteiger partial charge >= 0.3 is 0 Å². The zero-order valence-electron chi connectivity index (χ0n) is 15.8. The highest BCUT2D eigenvalue weighted by atomic mass is 32.2. The average Bonchev–Trinajstić information content (AvgIpc) is 3.08. The minimum Gasteiger partial charge on any atom is -0.325 e. The van der Waals surface area contributed by atoms with E-state index >= 15 is 0 Å². The SMILES string of the molecule is Cc1nc(C)c(C#N)c(SCc2csc(CC(=O)Nc3ccccc3C)n2)n1. The minimum absolute atomic E-state index is 0.0864. The Morgan fingerprint density at radius 3 is 2.75 bits per heavy atom. The van der Waals surface area contributed by atoms with Crippen LogP contribution in [0.2, 0.25) is 0 Å². The van der Waals surface area contributed by atoms with Crippen molar-refractivity contribution in [3.05, 3.63) is 63.0 Å². The van der Waals surface area contributed by atoms with Crippen molar-refractivity contribution in [1.82, 2.24) is 15.0 Å². The van der Waals surface area contributed by atoms with E-state index in [4.69, 9.17) is 0 Å². The summed E-state index contributed by atoms with van der Waals surface area (Å²) in [6.45, 7) is 5.58. The van der Waals surface area contributed by atoms with Gasteiger partial charge in [0.25, 0.3) is 0 Å². The summed E-state index contributed by atoms with van der Waals surface area (Å²) in [5.41, 5.74) is 3.90. The third-order valence-corrected chi connectivity index (χ3v) is 5.87. The number of hydrogen-bond donors (Lipinski definition) is 1. The van der Waals surface area contributed by atoms with Crippen molar-refractivity contribution in [1.29, 1.82) is 5.26 Å². The van der Waals surface area contributed by atoms with E-state index in [1.165, 1.54) is 23.1 Å². The third kappa shape index (κ3) is 4.94. The fourth-order valence-electron chi connectivity index (χ4n) is 2.60. The summed E-state index contributed by atoms with van der Waals surface area (Å²) in [6.07, 6.45) is 0.235. The van der Waals surface area contributed by atoms with E-state index in [0.717, 1.165) is 22.0 Å². The molecular weight excluding hydrogens is 390 g/mol. The Bertz CT molecular complexity index is 1050. The molecule has 1 aromatic carbocycles. The number of carbonyl (C=O) groups is 1. The average molecular weight is 410 g/mol. The number of nitriles is 1. The molecule has 0 radical (unpaired) electrons. The Morgan fingerprint density at radius 1 is 1.21 bits per heavy atom. The van der Waals surface area contributed by atoms with Crippen LogP contribution in [0.3, 0.4) is 0 Å². The van der Waals surface area contributed by atoms with E-state index in [1.807, 2.05) is 50.4 Å². The standard InChI is InChI=1S/C20H19N5OS2/c1-12-6-4-5-7-17(12)25-18(26)8-19-24-15(10-27-19)11-28-20-16(9-21)13(2)22-14(3)23-20/h4-7,10H,8,11H2,1-3H3,(H,25,26). The van der Waals surface area contributed by atoms with Gasteiger partial charge in [0.1, 0.15) is 27.5 Å². The molecule has 2 aromatic heterocycles. The van der Waals surface area contributed by atoms with Crippen molar-refractivity contribution in [2.75, 3.05) is 5.32 Å². The number of nitrogens with zero attached hydrogens (tertiary/aromatic N) is 4. The summed E-state index contributed by atoms with van der Waals surface area (Å²) in [6, 6.07) is 9.85. The molecule has 3 aromatic rings. The fraction of sp³-hybridized carbons (Fsp3) is 0.250. The molecule has 0 aliphatic carbocycles. The smallest absolute Gasteiger partial charge is 0.231 e. The highest BCUT2D eigenvalue weighted by molar-refractivity contribution is 7.98. The van der Waals surface area contributed by atoms with Gasteiger partial charge in [0, 0.05) is 16.8 Å². The van der Waals surface area contributed by atoms with Crippen molar-refractivity contribution in [2.45, 2.75) is 38.0 Å². The monoisotopic (exact) mass is 409 g/mol. The van der Waals surface area contributed by atoms with Gasteiger partial charge in [-0.1, -0.05) is 30.0 Å². The van der Waals surface area contributed by atoms with Crippen LogP contribution in [0.5, 0.6) is 0 Å². The van der Waals surface area contributed by atoms with Gasteiger partial charge < -0.3 is 5.32 Å². The number of benzene rings is 1. The second-order valence-electron chi connectivity index (χ2n) is 6.21. The maximum atomic E-state index is 12.3. The molecule has 0 saturated heterocycles. The van der Waals surface area contributed by atoms with Gasteiger partial charge in [-0.25, -0.2) is 15.0 Å². The van der Waals surface area contributed by atoms with E-state index in [1.54, 1.807) is 0 Å². The van der Waals surface area contributed by atoms with Crippen LogP contribution in [0, 0.1) is 32.1 Å². The maximum absolute atomic E-state index is 12.3. The van der Waals surface area contributed by atoms with Gasteiger partial charge in [-0.15, -0.1) is 11.3 Å². The molecule has 1 N–H and O–H groups in total. The lowest BCUT2D eigenvalue weighted by molar-refractivity contribution is -0.115. The number of rotatable bonds is 6. The van der Waals surface area contributed by atoms with Gasteiger partial charge in [-0.3, -0.25) is 4.79 Å². The van der Waals surface area contributed by atoms with Crippen molar-refractivity contribution in [3.8, 4) is 6.07 Å². The first-order chi connectivity index (χ1) is 13.5. The molecule has 0 aliphatic heterocycles. The molecule has 28 heavy (non-hydrogen) atoms. The summed E-state index contributed by atoms with van der Waals surface area (Å²) in [7, 11) is 0. The van der Waals surface area contributed by atoms with Gasteiger partial charge in [0.2, 0.25) is 5.91 Å². The summed E-state index contributed by atoms with van der Waals surface area (Å²) >= 11 is 2.92. The zero-order valence-corrected chi connectivity index (χ0v) is 17.4. The number of amides is 1. The largest absolute Gasteiger partial charge is 0.325 e. The highest BCUT2D eigenvalue weighted by Gasteiger charge is 2.13. The molecule has 0 aliphatic rings. The molecule has 0 spiro atoms. The number of thioether (sulfide) groups is 1. The number of carbonyl (C=O) groups excluding carboxylic acids is 1. The first-order valence-corrected chi connectivity index (χ1v) is 10.5. The molecule has 0 unspecified atom stereocenters. The molecule has 2 heterocycles. The third-order valence-electron chi connectivity index (χ3n) is 3.97. The number of para-hydroxylation sites is 1. The minimum atomic E-state index is -0.0864. The Morgan fingerprint density at radius 2 is 2.00 bits per heavy atom. The number of hydrogen-bond acceptors (Lipinski definition) is 7. The number of nitrogens with one attached hydrogen (secondary N) is 1. The second-order valence-corrected chi connectivity index (χ2v) is 8.12. The number of aromatic nitrogens is 3. The van der Waals surface area contributed by atoms with Crippen LogP contribution >= 0.6 is 23.1 Å². The normalized spacial score (nSPS) is 10.5. The van der Waals surface area contributed by atoms with Gasteiger partial charge in [0.15, 0.2) is 0 Å². The fourth-order valence-corrected chi connectivity index (χ4v) is 4.46. The first kappa shape index (κ1) is 20.0. The Hall–Kier alpha value is -2.76. The van der Waals surface area contributed by atoms with Crippen molar-refractivity contribution in [2.24, 2.45) is 0 Å². The summed E-state index contributed by atoms with van der Waals surface area (Å²) in [4.78, 5) is 25.4. The van der Waals surface area contributed by atoms with Crippen LogP contribution in [-0.4, -0.2) is 20.9 Å². The van der Waals surface area contributed by atoms with Crippen LogP contribution in [0.1, 0.15) is 33.3 Å². The van der Waals surface area contributed by atoms with Crippen molar-refractivity contribution in [3.63, 3.8) is 0 Å². The predicted octanol–water partition coefficient (Wildman–Crippen LogP) is 4.20. The van der Waals surface area contributed by atoms with Crippen LogP contribution in [0.25, 0.3) is 0 Å². The summed E-state index contributed by atoms with van der Waals surface area (Å²) in [5.74, 6) is 1.14. The van der Waals surface area contributed by atoms with Crippen LogP contribution in [-0.2, 0) is 17.0 Å². The second kappa shape index (κ2) is 8.95. The molecule has 1 amide bonds. The van der Waals surface area contributed by atoms with Crippen LogP contribution in [0.4, 0.5) is 5.69 Å². The molecule has 0 atom stereocenters. The lowest BCUT2D eigenvalue weighted by Crippen LogP contribution is -2.15. The summed E-state index contributed by atoms with van der Waals surface area (Å²) < 4.78 is 0. The number of thiazole rings is 1. The molecule has 0 bridgehead atoms. The Kier molecular flexibility index (Phi) is 6.39. The molecule has 0 saturated carbocycles. The molecule has 6 nitrogen and oxygen atoms in total. The van der Waals surface area contributed by atoms with E-state index in [-0.39, 0.29) is 12.3 Å². The number of aryl methyl sites for hydroxylation is 3. The van der Waals surface area contributed by atoms with Crippen molar-refractivity contribution < 1.29 is 4.79 Å². The lowest BCUT2D eigenvalue weighted by atomic mass is 10.2. The van der Waals surface area contributed by atoms with E-state index < -0.39 is 0 Å². The molecular formula is C20H19N5OS2. The quantitative estimate of drug-likeness (QED) is 0.484. The maximum Gasteiger partial charge on any atom is 0.231 e. The van der Waals surface area contributed by atoms with Crippen molar-refractivity contribution >= 4 is 34.7 Å². The molecule has 142 valence electrons. The lowest BCUT2D eigenvalue weighted by Gasteiger charge is -2.06. The Labute approximate surface area is 172 Å². The van der Waals surface area contributed by atoms with E-state index in [9.17, 15) is 10.1 Å². The topological polar surface area (TPSA) is 91.6 Å².